The summed E-state index contributed by atoms with van der Waals surface area (Å²) in [6.07, 6.45) is 0. The van der Waals surface area contributed by atoms with Crippen molar-refractivity contribution in [1.82, 2.24) is 0 Å². The van der Waals surface area contributed by atoms with Crippen LogP contribution >= 0.6 is 0 Å². The molecule has 14 heavy (non-hydrogen) atoms. The zero-order chi connectivity index (χ0) is 10.7. The van der Waals surface area contributed by atoms with Crippen LogP contribution in [0.2, 0.25) is 0 Å². The molecule has 0 amide bonds. The number of non-ortho nitro benzene ring substituents is 1. The Kier molecular flexibility index (Phi) is 3.01. The van der Waals surface area contributed by atoms with Gasteiger partial charge in [-0.1, -0.05) is 0 Å². The van der Waals surface area contributed by atoms with Gasteiger partial charge in [-0.05, 0) is 0 Å². The fourth-order valence-electron chi connectivity index (χ4n) is 0.903. The minimum atomic E-state index is -1.47. The van der Waals surface area contributed by atoms with Crippen molar-refractivity contribution in [3.05, 3.63) is 38.4 Å². The fourth-order valence-corrected chi connectivity index (χ4v) is 1.39. The van der Waals surface area contributed by atoms with Gasteiger partial charge in [0.05, 0.1) is 0 Å². The van der Waals surface area contributed by atoms with Gasteiger partial charge in [-0.15, -0.1) is 0 Å². The summed E-state index contributed by atoms with van der Waals surface area (Å²) in [5.41, 5.74) is -0.850. The van der Waals surface area contributed by atoms with E-state index in [0.717, 1.165) is 18.2 Å². The van der Waals surface area contributed by atoms with Crippen LogP contribution in [0.15, 0.2) is 18.2 Å². The summed E-state index contributed by atoms with van der Waals surface area (Å²) >= 11 is -1.47. The Hall–Kier alpha value is -1.65. The van der Waals surface area contributed by atoms with Crippen molar-refractivity contribution in [3.63, 3.8) is 0 Å². The number of rotatable bonds is 3. The van der Waals surface area contributed by atoms with Crippen molar-refractivity contribution in [2.75, 3.05) is 0 Å². The molecular weight excluding hydrogens is 207 g/mol. The molecule has 70 valence electrons. The number of nitro groups is 2. The first kappa shape index (κ1) is 10.4. The second-order valence-electron chi connectivity index (χ2n) is 2.38. The third-order valence-corrected chi connectivity index (χ3v) is 2.29. The Bertz CT molecular complexity index is 419. The molecule has 0 heterocycles. The molecule has 0 unspecified atom stereocenters. The van der Waals surface area contributed by atoms with E-state index in [9.17, 15) is 24.0 Å². The third kappa shape index (κ3) is 1.99. The first-order chi connectivity index (χ1) is 6.56. The predicted molar refractivity (Wildman–Crippen MR) is 45.8 cm³/mol. The van der Waals surface area contributed by atoms with E-state index in [0.29, 0.717) is 0 Å². The van der Waals surface area contributed by atoms with E-state index in [1.54, 1.807) is 0 Å². The molecule has 0 atom stereocenters. The number of nitro benzene ring substituents is 2. The molecule has 0 bridgehead atoms. The summed E-state index contributed by atoms with van der Waals surface area (Å²) in [7, 11) is 0. The average Bonchev–Trinajstić information content (AvgIpc) is 2.16. The van der Waals surface area contributed by atoms with Gasteiger partial charge in [-0.2, -0.15) is 0 Å². The molecule has 8 heteroatoms. The van der Waals surface area contributed by atoms with Crippen LogP contribution in [-0.4, -0.2) is 25.0 Å². The first-order valence-electron chi connectivity index (χ1n) is 3.44. The summed E-state index contributed by atoms with van der Waals surface area (Å²) in [4.78, 5) is 19.2. The molecule has 0 aromatic heterocycles. The average molecular weight is 210 g/mol. The maximum atomic E-state index is 10.5. The van der Waals surface area contributed by atoms with Gasteiger partial charge in [-0.25, -0.2) is 0 Å². The van der Waals surface area contributed by atoms with E-state index in [1.165, 1.54) is 0 Å². The van der Waals surface area contributed by atoms with Crippen LogP contribution in [-0.2, 0) is 3.80 Å². The molecule has 1 aromatic rings. The standard InChI is InChI=1S/C6H3N2O4.Al.O/c9-7(10)5-2-1-3-6(4-5)8(11)12;;/h1-2,4H;;. The van der Waals surface area contributed by atoms with Crippen molar-refractivity contribution >= 4 is 31.0 Å². The number of hydrogen-bond donors (Lipinski definition) is 0. The molecule has 0 fully saturated rings. The number of nitrogens with zero attached hydrogens (tertiary/aromatic N) is 2. The molecule has 0 aliphatic carbocycles. The van der Waals surface area contributed by atoms with Gasteiger partial charge in [0, 0.05) is 0 Å². The van der Waals surface area contributed by atoms with Gasteiger partial charge in [-0.3, -0.25) is 0 Å². The second-order valence-corrected chi connectivity index (χ2v) is 3.23. The van der Waals surface area contributed by atoms with Gasteiger partial charge in [0.2, 0.25) is 0 Å². The molecular formula is C6H3AlN2O5. The first-order valence-corrected chi connectivity index (χ1v) is 4.49. The minimum absolute atomic E-state index is 0.0283. The molecule has 0 saturated heterocycles. The maximum absolute atomic E-state index is 10.5. The fraction of sp³-hybridized carbons (Fsp3) is 0. The van der Waals surface area contributed by atoms with E-state index >= 15 is 0 Å². The Morgan fingerprint density at radius 1 is 1.14 bits per heavy atom. The summed E-state index contributed by atoms with van der Waals surface area (Å²) < 4.78 is 10.6. The Morgan fingerprint density at radius 2 is 1.79 bits per heavy atom. The van der Waals surface area contributed by atoms with E-state index < -0.39 is 30.7 Å². The zero-order valence-electron chi connectivity index (χ0n) is 6.75. The molecule has 0 aliphatic heterocycles. The molecule has 1 rings (SSSR count). The number of hydrogen-bond acceptors (Lipinski definition) is 5. The molecule has 1 aromatic carbocycles. The number of benzene rings is 1. The Labute approximate surface area is 83.6 Å². The molecule has 0 saturated carbocycles. The zero-order valence-corrected chi connectivity index (χ0v) is 7.90. The van der Waals surface area contributed by atoms with Gasteiger partial charge < -0.3 is 0 Å². The van der Waals surface area contributed by atoms with Crippen LogP contribution < -0.4 is 4.43 Å². The molecule has 0 radical (unpaired) electrons. The Morgan fingerprint density at radius 3 is 2.21 bits per heavy atom. The van der Waals surface area contributed by atoms with Crippen molar-refractivity contribution in [2.24, 2.45) is 0 Å². The van der Waals surface area contributed by atoms with Gasteiger partial charge >= 0.3 is 83.0 Å². The summed E-state index contributed by atoms with van der Waals surface area (Å²) in [6, 6.07) is 3.03. The molecule has 0 N–H and O–H groups in total. The van der Waals surface area contributed by atoms with Gasteiger partial charge in [0.15, 0.2) is 0 Å². The van der Waals surface area contributed by atoms with Crippen molar-refractivity contribution in [3.8, 4) is 0 Å². The molecule has 0 spiro atoms. The van der Waals surface area contributed by atoms with Crippen molar-refractivity contribution < 1.29 is 13.6 Å². The van der Waals surface area contributed by atoms with E-state index in [-0.39, 0.29) is 10.1 Å². The van der Waals surface area contributed by atoms with Crippen LogP contribution in [0, 0.1) is 20.2 Å². The van der Waals surface area contributed by atoms with E-state index in [4.69, 9.17) is 0 Å². The summed E-state index contributed by atoms with van der Waals surface area (Å²) in [5.74, 6) is 0. The topological polar surface area (TPSA) is 103 Å². The van der Waals surface area contributed by atoms with E-state index in [1.807, 2.05) is 0 Å². The van der Waals surface area contributed by atoms with Crippen molar-refractivity contribution in [1.29, 1.82) is 0 Å². The summed E-state index contributed by atoms with van der Waals surface area (Å²) in [6.45, 7) is 0. The van der Waals surface area contributed by atoms with Gasteiger partial charge in [0.25, 0.3) is 0 Å². The third-order valence-electron chi connectivity index (χ3n) is 1.55. The predicted octanol–water partition coefficient (Wildman–Crippen LogP) is 0.178. The van der Waals surface area contributed by atoms with Crippen LogP contribution in [0.5, 0.6) is 0 Å². The quantitative estimate of drug-likeness (QED) is 0.402. The van der Waals surface area contributed by atoms with Crippen LogP contribution in [0.3, 0.4) is 0 Å². The van der Waals surface area contributed by atoms with Gasteiger partial charge in [0.1, 0.15) is 0 Å². The summed E-state index contributed by atoms with van der Waals surface area (Å²) in [5, 5.41) is 20.7. The molecule has 7 nitrogen and oxygen atoms in total. The SMILES string of the molecule is [O]=[Al][c]1ccc([N+](=O)[O-])cc1[N+](=O)[O-]. The van der Waals surface area contributed by atoms with Crippen LogP contribution in [0.4, 0.5) is 11.4 Å². The Balaban J connectivity index is 3.34. The second kappa shape index (κ2) is 4.04. The monoisotopic (exact) mass is 210 g/mol. The molecule has 0 aliphatic rings. The van der Waals surface area contributed by atoms with E-state index in [2.05, 4.69) is 0 Å². The van der Waals surface area contributed by atoms with Crippen LogP contribution in [0.25, 0.3) is 0 Å². The van der Waals surface area contributed by atoms with Crippen LogP contribution in [0.1, 0.15) is 0 Å². The van der Waals surface area contributed by atoms with Crippen molar-refractivity contribution in [2.45, 2.75) is 0 Å². The normalized spacial score (nSPS) is 9.14.